The number of aromatic carboxylic acids is 1. The molecule has 0 bridgehead atoms. The third kappa shape index (κ3) is 3.36. The largest absolute Gasteiger partial charge is 0.478 e. The van der Waals surface area contributed by atoms with Crippen LogP contribution < -0.4 is 4.74 Å². The summed E-state index contributed by atoms with van der Waals surface area (Å²) in [5.41, 5.74) is 0.121. The molecule has 2 rings (SSSR count). The van der Waals surface area contributed by atoms with Gasteiger partial charge in [0.25, 0.3) is 0 Å². The topological polar surface area (TPSA) is 80.7 Å². The monoisotopic (exact) mass is 292 g/mol. The fraction of sp³-hybridized carbons (Fsp3) is 0.0714. The second-order valence-corrected chi connectivity index (χ2v) is 6.19. The van der Waals surface area contributed by atoms with Crippen LogP contribution in [-0.2, 0) is 9.84 Å². The zero-order valence-corrected chi connectivity index (χ0v) is 11.4. The average molecular weight is 292 g/mol. The summed E-state index contributed by atoms with van der Waals surface area (Å²) in [6, 6.07) is 12.0. The summed E-state index contributed by atoms with van der Waals surface area (Å²) in [6.45, 7) is 0. The molecule has 2 aromatic rings. The molecule has 0 heterocycles. The van der Waals surface area contributed by atoms with Gasteiger partial charge in [0.15, 0.2) is 9.84 Å². The molecule has 0 amide bonds. The normalized spacial score (nSPS) is 11.1. The quantitative estimate of drug-likeness (QED) is 0.936. The third-order valence-electron chi connectivity index (χ3n) is 2.57. The third-order valence-corrected chi connectivity index (χ3v) is 3.70. The van der Waals surface area contributed by atoms with Crippen LogP contribution in [0.1, 0.15) is 10.4 Å². The summed E-state index contributed by atoms with van der Waals surface area (Å²) in [5, 5.41) is 8.88. The molecule has 0 aliphatic heterocycles. The lowest BCUT2D eigenvalue weighted by molar-refractivity contribution is 0.0696. The SMILES string of the molecule is CS(=O)(=O)c1ccc(Oc2cccc(C(=O)O)c2)cc1. The zero-order chi connectivity index (χ0) is 14.8. The lowest BCUT2D eigenvalue weighted by Gasteiger charge is -2.07. The molecular weight excluding hydrogens is 280 g/mol. The van der Waals surface area contributed by atoms with Crippen molar-refractivity contribution in [1.82, 2.24) is 0 Å². The van der Waals surface area contributed by atoms with E-state index in [9.17, 15) is 13.2 Å². The number of rotatable bonds is 4. The van der Waals surface area contributed by atoms with Gasteiger partial charge in [-0.1, -0.05) is 6.07 Å². The molecule has 0 spiro atoms. The molecule has 104 valence electrons. The Morgan fingerprint density at radius 1 is 1.05 bits per heavy atom. The van der Waals surface area contributed by atoms with Gasteiger partial charge in [0.2, 0.25) is 0 Å². The fourth-order valence-electron chi connectivity index (χ4n) is 1.58. The van der Waals surface area contributed by atoms with E-state index in [1.165, 1.54) is 36.4 Å². The van der Waals surface area contributed by atoms with Gasteiger partial charge in [-0.15, -0.1) is 0 Å². The highest BCUT2D eigenvalue weighted by atomic mass is 32.2. The van der Waals surface area contributed by atoms with E-state index < -0.39 is 15.8 Å². The minimum Gasteiger partial charge on any atom is -0.478 e. The lowest BCUT2D eigenvalue weighted by atomic mass is 10.2. The van der Waals surface area contributed by atoms with Gasteiger partial charge in [-0.25, -0.2) is 13.2 Å². The van der Waals surface area contributed by atoms with Crippen LogP contribution in [0.15, 0.2) is 53.4 Å². The molecule has 0 radical (unpaired) electrons. The minimum atomic E-state index is -3.24. The summed E-state index contributed by atoms with van der Waals surface area (Å²) in [6.07, 6.45) is 1.12. The number of benzene rings is 2. The van der Waals surface area contributed by atoms with E-state index in [1.54, 1.807) is 12.1 Å². The maximum atomic E-state index is 11.3. The van der Waals surface area contributed by atoms with Crippen molar-refractivity contribution >= 4 is 15.8 Å². The van der Waals surface area contributed by atoms with Gasteiger partial charge in [-0.3, -0.25) is 0 Å². The molecular formula is C14H12O5S. The van der Waals surface area contributed by atoms with Crippen molar-refractivity contribution in [3.05, 3.63) is 54.1 Å². The Labute approximate surface area is 116 Å². The van der Waals surface area contributed by atoms with Crippen molar-refractivity contribution in [3.8, 4) is 11.5 Å². The number of carboxylic acid groups (broad SMARTS) is 1. The fourth-order valence-corrected chi connectivity index (χ4v) is 2.21. The number of ether oxygens (including phenoxy) is 1. The highest BCUT2D eigenvalue weighted by Gasteiger charge is 2.08. The van der Waals surface area contributed by atoms with E-state index in [0.717, 1.165) is 6.26 Å². The van der Waals surface area contributed by atoms with Crippen LogP contribution in [0.4, 0.5) is 0 Å². The smallest absolute Gasteiger partial charge is 0.335 e. The Morgan fingerprint density at radius 3 is 2.25 bits per heavy atom. The van der Waals surface area contributed by atoms with Crippen molar-refractivity contribution in [2.75, 3.05) is 6.26 Å². The van der Waals surface area contributed by atoms with Crippen molar-refractivity contribution in [3.63, 3.8) is 0 Å². The molecule has 0 saturated heterocycles. The number of hydrogen-bond acceptors (Lipinski definition) is 4. The van der Waals surface area contributed by atoms with Crippen LogP contribution in [0.2, 0.25) is 0 Å². The standard InChI is InChI=1S/C14H12O5S/c1-20(17,18)13-7-5-11(6-8-13)19-12-4-2-3-10(9-12)14(15)16/h2-9H,1H3,(H,15,16). The van der Waals surface area contributed by atoms with Crippen LogP contribution in [0, 0.1) is 0 Å². The van der Waals surface area contributed by atoms with Crippen LogP contribution >= 0.6 is 0 Å². The first-order valence-electron chi connectivity index (χ1n) is 5.67. The predicted octanol–water partition coefficient (Wildman–Crippen LogP) is 2.58. The van der Waals surface area contributed by atoms with E-state index in [0.29, 0.717) is 11.5 Å². The van der Waals surface area contributed by atoms with E-state index in [1.807, 2.05) is 0 Å². The second kappa shape index (κ2) is 5.34. The van der Waals surface area contributed by atoms with E-state index >= 15 is 0 Å². The number of hydrogen-bond donors (Lipinski definition) is 1. The molecule has 2 aromatic carbocycles. The maximum absolute atomic E-state index is 11.3. The number of sulfone groups is 1. The van der Waals surface area contributed by atoms with Crippen LogP contribution in [0.25, 0.3) is 0 Å². The molecule has 0 aliphatic carbocycles. The van der Waals surface area contributed by atoms with Gasteiger partial charge in [-0.05, 0) is 42.5 Å². The van der Waals surface area contributed by atoms with Gasteiger partial charge in [0.1, 0.15) is 11.5 Å². The molecule has 0 saturated carbocycles. The van der Waals surface area contributed by atoms with Gasteiger partial charge < -0.3 is 9.84 Å². The van der Waals surface area contributed by atoms with Gasteiger partial charge in [0, 0.05) is 6.26 Å². The maximum Gasteiger partial charge on any atom is 0.335 e. The molecule has 0 fully saturated rings. The molecule has 1 N–H and O–H groups in total. The van der Waals surface area contributed by atoms with Crippen molar-refractivity contribution in [2.24, 2.45) is 0 Å². The minimum absolute atomic E-state index is 0.121. The van der Waals surface area contributed by atoms with Crippen molar-refractivity contribution in [1.29, 1.82) is 0 Å². The number of carbonyl (C=O) groups is 1. The lowest BCUT2D eigenvalue weighted by Crippen LogP contribution is -1.97. The summed E-state index contributed by atoms with van der Waals surface area (Å²) in [7, 11) is -3.24. The molecule has 0 aromatic heterocycles. The first kappa shape index (κ1) is 14.1. The summed E-state index contributed by atoms with van der Waals surface area (Å²) in [4.78, 5) is 11.0. The summed E-state index contributed by atoms with van der Waals surface area (Å²) >= 11 is 0. The van der Waals surface area contributed by atoms with Crippen molar-refractivity contribution < 1.29 is 23.1 Å². The molecule has 6 heteroatoms. The Hall–Kier alpha value is -2.34. The van der Waals surface area contributed by atoms with Gasteiger partial charge in [0.05, 0.1) is 10.5 Å². The zero-order valence-electron chi connectivity index (χ0n) is 10.6. The van der Waals surface area contributed by atoms with Gasteiger partial charge >= 0.3 is 5.97 Å². The molecule has 5 nitrogen and oxygen atoms in total. The Morgan fingerprint density at radius 2 is 1.70 bits per heavy atom. The first-order chi connectivity index (χ1) is 9.36. The predicted molar refractivity (Wildman–Crippen MR) is 73.0 cm³/mol. The van der Waals surface area contributed by atoms with Crippen molar-refractivity contribution in [2.45, 2.75) is 4.90 Å². The molecule has 20 heavy (non-hydrogen) atoms. The second-order valence-electron chi connectivity index (χ2n) is 4.18. The molecule has 0 unspecified atom stereocenters. The van der Waals surface area contributed by atoms with Crippen LogP contribution in [-0.4, -0.2) is 25.7 Å². The number of carboxylic acids is 1. The Kier molecular flexibility index (Phi) is 3.76. The Bertz CT molecular complexity index is 732. The molecule has 0 atom stereocenters. The van der Waals surface area contributed by atoms with E-state index in [4.69, 9.17) is 9.84 Å². The van der Waals surface area contributed by atoms with E-state index in [-0.39, 0.29) is 10.5 Å². The average Bonchev–Trinajstić information content (AvgIpc) is 2.38. The van der Waals surface area contributed by atoms with Gasteiger partial charge in [-0.2, -0.15) is 0 Å². The first-order valence-corrected chi connectivity index (χ1v) is 7.57. The highest BCUT2D eigenvalue weighted by Crippen LogP contribution is 2.23. The highest BCUT2D eigenvalue weighted by molar-refractivity contribution is 7.90. The van der Waals surface area contributed by atoms with E-state index in [2.05, 4.69) is 0 Å². The Balaban J connectivity index is 2.22. The van der Waals surface area contributed by atoms with Crippen LogP contribution in [0.3, 0.4) is 0 Å². The van der Waals surface area contributed by atoms with Crippen LogP contribution in [0.5, 0.6) is 11.5 Å². The molecule has 0 aliphatic rings. The summed E-state index contributed by atoms with van der Waals surface area (Å²) < 4.78 is 28.1. The summed E-state index contributed by atoms with van der Waals surface area (Å²) in [5.74, 6) is -0.236.